The summed E-state index contributed by atoms with van der Waals surface area (Å²) in [6, 6.07) is 7.48. The van der Waals surface area contributed by atoms with Crippen LogP contribution in [0.4, 0.5) is 0 Å². The summed E-state index contributed by atoms with van der Waals surface area (Å²) in [5, 5.41) is 3.48. The minimum absolute atomic E-state index is 0.553. The third kappa shape index (κ3) is 4.85. The van der Waals surface area contributed by atoms with Crippen molar-refractivity contribution in [3.63, 3.8) is 0 Å². The van der Waals surface area contributed by atoms with Gasteiger partial charge in [0.25, 0.3) is 0 Å². The molecule has 1 aliphatic rings. The van der Waals surface area contributed by atoms with Crippen molar-refractivity contribution >= 4 is 11.8 Å². The topological polar surface area (TPSA) is 12.0 Å². The Hall–Kier alpha value is -0.470. The number of hydrogen-bond acceptors (Lipinski definition) is 2. The van der Waals surface area contributed by atoms with Crippen LogP contribution in [0.1, 0.15) is 50.7 Å². The van der Waals surface area contributed by atoms with Gasteiger partial charge in [-0.15, -0.1) is 11.8 Å². The van der Waals surface area contributed by atoms with E-state index in [9.17, 15) is 0 Å². The number of hydrogen-bond donors (Lipinski definition) is 1. The molecular weight excluding hydrogens is 250 g/mol. The Labute approximate surface area is 122 Å². The zero-order valence-corrected chi connectivity index (χ0v) is 13.4. The number of nitrogens with one attached hydrogen (secondary N) is 1. The zero-order valence-electron chi connectivity index (χ0n) is 12.5. The molecule has 1 aromatic rings. The van der Waals surface area contributed by atoms with Crippen LogP contribution in [0.2, 0.25) is 0 Å². The van der Waals surface area contributed by atoms with Crippen molar-refractivity contribution in [1.29, 1.82) is 0 Å². The van der Waals surface area contributed by atoms with Crippen LogP contribution in [0.3, 0.4) is 0 Å². The Morgan fingerprint density at radius 1 is 1.26 bits per heavy atom. The van der Waals surface area contributed by atoms with Gasteiger partial charge in [-0.2, -0.15) is 0 Å². The first-order valence-corrected chi connectivity index (χ1v) is 8.59. The summed E-state index contributed by atoms with van der Waals surface area (Å²) in [7, 11) is 0. The van der Waals surface area contributed by atoms with Crippen LogP contribution in [-0.4, -0.2) is 11.8 Å². The van der Waals surface area contributed by atoms with Crippen molar-refractivity contribution in [2.75, 3.05) is 5.75 Å². The van der Waals surface area contributed by atoms with Crippen LogP contribution < -0.4 is 5.32 Å². The lowest BCUT2D eigenvalue weighted by molar-refractivity contribution is 0.588. The van der Waals surface area contributed by atoms with Gasteiger partial charge >= 0.3 is 0 Å². The third-order valence-corrected chi connectivity index (χ3v) is 5.31. The number of aryl methyl sites for hydroxylation is 1. The Balaban J connectivity index is 1.87. The number of rotatable bonds is 6. The first-order valence-electron chi connectivity index (χ1n) is 7.61. The van der Waals surface area contributed by atoms with Crippen LogP contribution in [0.5, 0.6) is 0 Å². The van der Waals surface area contributed by atoms with Crippen molar-refractivity contribution < 1.29 is 0 Å². The highest BCUT2D eigenvalue weighted by atomic mass is 32.2. The lowest BCUT2D eigenvalue weighted by Gasteiger charge is -2.13. The second kappa shape index (κ2) is 7.35. The minimum atomic E-state index is 0.553. The van der Waals surface area contributed by atoms with Crippen molar-refractivity contribution in [1.82, 2.24) is 5.32 Å². The van der Waals surface area contributed by atoms with Gasteiger partial charge in [0.2, 0.25) is 0 Å². The molecular formula is C17H27NS. The average molecular weight is 277 g/mol. The molecule has 0 spiro atoms. The van der Waals surface area contributed by atoms with Crippen LogP contribution >= 0.6 is 11.8 Å². The van der Waals surface area contributed by atoms with E-state index >= 15 is 0 Å². The molecule has 0 aliphatic heterocycles. The highest BCUT2D eigenvalue weighted by Crippen LogP contribution is 2.32. The molecule has 1 nitrogen and oxygen atoms in total. The lowest BCUT2D eigenvalue weighted by Crippen LogP contribution is -2.21. The zero-order chi connectivity index (χ0) is 13.7. The smallest absolute Gasteiger partial charge is 0.0207 e. The third-order valence-electron chi connectivity index (χ3n) is 3.90. The monoisotopic (exact) mass is 277 g/mol. The largest absolute Gasteiger partial charge is 0.310 e. The van der Waals surface area contributed by atoms with E-state index in [4.69, 9.17) is 0 Å². The van der Waals surface area contributed by atoms with Gasteiger partial charge in [0.05, 0.1) is 0 Å². The van der Waals surface area contributed by atoms with Gasteiger partial charge < -0.3 is 5.32 Å². The summed E-state index contributed by atoms with van der Waals surface area (Å²) in [6.45, 7) is 7.61. The second-order valence-electron chi connectivity index (χ2n) is 6.10. The summed E-state index contributed by atoms with van der Waals surface area (Å²) < 4.78 is 0. The Kier molecular flexibility index (Phi) is 5.77. The molecule has 0 amide bonds. The maximum atomic E-state index is 3.48. The fraction of sp³-hybridized carbons (Fsp3) is 0.647. The molecule has 2 rings (SSSR count). The fourth-order valence-corrected chi connectivity index (χ4v) is 3.89. The van der Waals surface area contributed by atoms with E-state index in [1.165, 1.54) is 47.5 Å². The van der Waals surface area contributed by atoms with Crippen molar-refractivity contribution in [2.45, 2.75) is 63.9 Å². The molecule has 1 aliphatic carbocycles. The highest BCUT2D eigenvalue weighted by Gasteiger charge is 2.15. The SMILES string of the molecule is Cc1cc(CNC(C)C)ccc1SCC1CCCC1. The van der Waals surface area contributed by atoms with E-state index in [-0.39, 0.29) is 0 Å². The van der Waals surface area contributed by atoms with Gasteiger partial charge in [0, 0.05) is 23.2 Å². The number of benzene rings is 1. The van der Waals surface area contributed by atoms with E-state index in [1.807, 2.05) is 0 Å². The maximum absolute atomic E-state index is 3.48. The van der Waals surface area contributed by atoms with E-state index in [1.54, 1.807) is 0 Å². The Morgan fingerprint density at radius 3 is 2.63 bits per heavy atom. The van der Waals surface area contributed by atoms with Crippen LogP contribution in [0.15, 0.2) is 23.1 Å². The van der Waals surface area contributed by atoms with Gasteiger partial charge in [-0.05, 0) is 42.9 Å². The predicted molar refractivity (Wildman–Crippen MR) is 85.8 cm³/mol. The van der Waals surface area contributed by atoms with Crippen LogP contribution in [0.25, 0.3) is 0 Å². The van der Waals surface area contributed by atoms with Gasteiger partial charge in [0.15, 0.2) is 0 Å². The van der Waals surface area contributed by atoms with E-state index in [0.717, 1.165) is 12.5 Å². The molecule has 106 valence electrons. The fourth-order valence-electron chi connectivity index (χ4n) is 2.69. The van der Waals surface area contributed by atoms with E-state index < -0.39 is 0 Å². The average Bonchev–Trinajstić information content (AvgIpc) is 2.88. The molecule has 0 unspecified atom stereocenters. The first-order chi connectivity index (χ1) is 9.15. The normalized spacial score (nSPS) is 16.4. The molecule has 1 N–H and O–H groups in total. The quantitative estimate of drug-likeness (QED) is 0.751. The first kappa shape index (κ1) is 14.9. The molecule has 0 radical (unpaired) electrons. The molecule has 0 heterocycles. The van der Waals surface area contributed by atoms with E-state index in [2.05, 4.69) is 56.0 Å². The summed E-state index contributed by atoms with van der Waals surface area (Å²) in [4.78, 5) is 1.47. The lowest BCUT2D eigenvalue weighted by atomic mass is 10.1. The Bertz CT molecular complexity index is 394. The summed E-state index contributed by atoms with van der Waals surface area (Å²) >= 11 is 2.06. The second-order valence-corrected chi connectivity index (χ2v) is 7.16. The van der Waals surface area contributed by atoms with Crippen LogP contribution in [-0.2, 0) is 6.54 Å². The molecule has 19 heavy (non-hydrogen) atoms. The predicted octanol–water partition coefficient (Wildman–Crippen LogP) is 4.78. The molecule has 0 aromatic heterocycles. The summed E-state index contributed by atoms with van der Waals surface area (Å²) in [5.41, 5.74) is 2.84. The maximum Gasteiger partial charge on any atom is 0.0207 e. The van der Waals surface area contributed by atoms with E-state index in [0.29, 0.717) is 6.04 Å². The summed E-state index contributed by atoms with van der Waals surface area (Å²) in [6.07, 6.45) is 5.79. The van der Waals surface area contributed by atoms with Gasteiger partial charge in [-0.3, -0.25) is 0 Å². The summed E-state index contributed by atoms with van der Waals surface area (Å²) in [5.74, 6) is 2.27. The molecule has 1 aromatic carbocycles. The van der Waals surface area contributed by atoms with Crippen molar-refractivity contribution in [3.05, 3.63) is 29.3 Å². The minimum Gasteiger partial charge on any atom is -0.310 e. The molecule has 0 bridgehead atoms. The van der Waals surface area contributed by atoms with Gasteiger partial charge in [-0.1, -0.05) is 38.8 Å². The number of thioether (sulfide) groups is 1. The Morgan fingerprint density at radius 2 is 2.00 bits per heavy atom. The standard InChI is InChI=1S/C17H27NS/c1-13(2)18-11-16-8-9-17(14(3)10-16)19-12-15-6-4-5-7-15/h8-10,13,15,18H,4-7,11-12H2,1-3H3. The van der Waals surface area contributed by atoms with Crippen molar-refractivity contribution in [2.24, 2.45) is 5.92 Å². The highest BCUT2D eigenvalue weighted by molar-refractivity contribution is 7.99. The molecule has 1 fully saturated rings. The van der Waals surface area contributed by atoms with Gasteiger partial charge in [-0.25, -0.2) is 0 Å². The molecule has 1 saturated carbocycles. The molecule has 0 atom stereocenters. The van der Waals surface area contributed by atoms with Gasteiger partial charge in [0.1, 0.15) is 0 Å². The van der Waals surface area contributed by atoms with Crippen molar-refractivity contribution in [3.8, 4) is 0 Å². The molecule has 2 heteroatoms. The molecule has 0 saturated heterocycles. The van der Waals surface area contributed by atoms with Crippen LogP contribution in [0, 0.1) is 12.8 Å².